The summed E-state index contributed by atoms with van der Waals surface area (Å²) in [5.41, 5.74) is 0.0372. The Kier molecular flexibility index (Phi) is 8.58. The van der Waals surface area contributed by atoms with Gasteiger partial charge >= 0.3 is 12.1 Å². The van der Waals surface area contributed by atoms with Crippen molar-refractivity contribution in [1.29, 1.82) is 0 Å². The average molecular weight is 442 g/mol. The molecule has 2 aromatic carbocycles. The molecule has 0 unspecified atom stereocenters. The molecule has 2 rings (SSSR count). The number of rotatable bonds is 11. The number of alkyl halides is 3. The number of hydrogen-bond donors (Lipinski definition) is 1. The SMILES string of the molecule is Cc1cc(SC[C@H](CC=O)COc2ccc(C(F)(F)F)cc2)ccc1OCC(=O)O. The zero-order valence-electron chi connectivity index (χ0n) is 16.1. The van der Waals surface area contributed by atoms with Crippen molar-refractivity contribution in [2.75, 3.05) is 19.0 Å². The van der Waals surface area contributed by atoms with Crippen molar-refractivity contribution in [3.63, 3.8) is 0 Å². The molecule has 0 aromatic heterocycles. The minimum atomic E-state index is -4.40. The highest BCUT2D eigenvalue weighted by molar-refractivity contribution is 7.99. The molecule has 0 bridgehead atoms. The van der Waals surface area contributed by atoms with Crippen LogP contribution in [-0.2, 0) is 15.8 Å². The van der Waals surface area contributed by atoms with Gasteiger partial charge in [0.15, 0.2) is 6.61 Å². The highest BCUT2D eigenvalue weighted by Crippen LogP contribution is 2.31. The van der Waals surface area contributed by atoms with Crippen LogP contribution in [0.3, 0.4) is 0 Å². The Bertz CT molecular complexity index is 853. The van der Waals surface area contributed by atoms with Gasteiger partial charge in [-0.2, -0.15) is 13.2 Å². The van der Waals surface area contributed by atoms with Gasteiger partial charge in [-0.3, -0.25) is 0 Å². The van der Waals surface area contributed by atoms with Crippen LogP contribution >= 0.6 is 11.8 Å². The monoisotopic (exact) mass is 442 g/mol. The van der Waals surface area contributed by atoms with Crippen LogP contribution in [0.2, 0.25) is 0 Å². The second-order valence-electron chi connectivity index (χ2n) is 6.52. The summed E-state index contributed by atoms with van der Waals surface area (Å²) in [5.74, 6) is 0.167. The second kappa shape index (κ2) is 10.9. The normalized spacial score (nSPS) is 12.3. The number of thioether (sulfide) groups is 1. The van der Waals surface area contributed by atoms with Crippen molar-refractivity contribution in [2.45, 2.75) is 24.4 Å². The summed E-state index contributed by atoms with van der Waals surface area (Å²) in [5, 5.41) is 8.68. The lowest BCUT2D eigenvalue weighted by atomic mass is 10.1. The van der Waals surface area contributed by atoms with Crippen molar-refractivity contribution >= 4 is 24.0 Å². The summed E-state index contributed by atoms with van der Waals surface area (Å²) in [6, 6.07) is 9.76. The molecule has 1 N–H and O–H groups in total. The van der Waals surface area contributed by atoms with Crippen LogP contribution in [0.4, 0.5) is 13.2 Å². The Morgan fingerprint density at radius 2 is 1.87 bits per heavy atom. The fourth-order valence-electron chi connectivity index (χ4n) is 2.50. The largest absolute Gasteiger partial charge is 0.493 e. The van der Waals surface area contributed by atoms with Gasteiger partial charge in [-0.05, 0) is 55.0 Å². The quantitative estimate of drug-likeness (QED) is 0.396. The van der Waals surface area contributed by atoms with Crippen molar-refractivity contribution < 1.29 is 37.3 Å². The summed E-state index contributed by atoms with van der Waals surface area (Å²) >= 11 is 1.50. The van der Waals surface area contributed by atoms with E-state index in [1.807, 2.05) is 6.07 Å². The van der Waals surface area contributed by atoms with E-state index in [4.69, 9.17) is 14.6 Å². The molecule has 9 heteroatoms. The van der Waals surface area contributed by atoms with Gasteiger partial charge in [0.1, 0.15) is 17.8 Å². The lowest BCUT2D eigenvalue weighted by molar-refractivity contribution is -0.139. The third kappa shape index (κ3) is 7.62. The van der Waals surface area contributed by atoms with Gasteiger partial charge in [0, 0.05) is 23.0 Å². The Hall–Kier alpha value is -2.68. The molecule has 0 spiro atoms. The number of carbonyl (C=O) groups excluding carboxylic acids is 1. The standard InChI is InChI=1S/C21H21F3O5S/c1-14-10-18(6-7-19(14)29-12-20(26)27)30-13-15(8-9-25)11-28-17-4-2-16(3-5-17)21(22,23)24/h2-7,9-10,15H,8,11-13H2,1H3,(H,26,27)/t15-/m1/s1. The average Bonchev–Trinajstić information content (AvgIpc) is 2.69. The minimum Gasteiger partial charge on any atom is -0.493 e. The molecule has 0 radical (unpaired) electrons. The number of ether oxygens (including phenoxy) is 2. The minimum absolute atomic E-state index is 0.127. The van der Waals surface area contributed by atoms with E-state index in [1.165, 1.54) is 23.9 Å². The Labute approximate surface area is 176 Å². The number of benzene rings is 2. The maximum Gasteiger partial charge on any atom is 0.416 e. The molecule has 2 aromatic rings. The number of aliphatic carboxylic acids is 1. The topological polar surface area (TPSA) is 72.8 Å². The first-order chi connectivity index (χ1) is 14.2. The highest BCUT2D eigenvalue weighted by atomic mass is 32.2. The lowest BCUT2D eigenvalue weighted by Crippen LogP contribution is -2.15. The molecule has 162 valence electrons. The van der Waals surface area contributed by atoms with Crippen LogP contribution in [-0.4, -0.2) is 36.3 Å². The third-order valence-corrected chi connectivity index (χ3v) is 5.31. The van der Waals surface area contributed by atoms with Crippen LogP contribution in [0.15, 0.2) is 47.4 Å². The first-order valence-electron chi connectivity index (χ1n) is 9.00. The Morgan fingerprint density at radius 1 is 1.17 bits per heavy atom. The maximum atomic E-state index is 12.6. The van der Waals surface area contributed by atoms with E-state index in [1.54, 1.807) is 19.1 Å². The third-order valence-electron chi connectivity index (χ3n) is 4.08. The van der Waals surface area contributed by atoms with E-state index in [-0.39, 0.29) is 18.9 Å². The predicted molar refractivity (Wildman–Crippen MR) is 106 cm³/mol. The summed E-state index contributed by atoms with van der Waals surface area (Å²) in [7, 11) is 0. The Morgan fingerprint density at radius 3 is 2.43 bits per heavy atom. The molecular formula is C21H21F3O5S. The van der Waals surface area contributed by atoms with Crippen LogP contribution in [0.1, 0.15) is 17.5 Å². The zero-order valence-corrected chi connectivity index (χ0v) is 17.0. The van der Waals surface area contributed by atoms with Gasteiger partial charge in [0.2, 0.25) is 0 Å². The van der Waals surface area contributed by atoms with E-state index in [0.717, 1.165) is 28.9 Å². The smallest absolute Gasteiger partial charge is 0.416 e. The maximum absolute atomic E-state index is 12.6. The zero-order chi connectivity index (χ0) is 22.1. The summed E-state index contributed by atoms with van der Waals surface area (Å²) in [4.78, 5) is 22.5. The fraction of sp³-hybridized carbons (Fsp3) is 0.333. The molecule has 0 amide bonds. The van der Waals surface area contributed by atoms with Crippen molar-refractivity contribution in [1.82, 2.24) is 0 Å². The van der Waals surface area contributed by atoms with Crippen molar-refractivity contribution in [3.05, 3.63) is 53.6 Å². The van der Waals surface area contributed by atoms with Gasteiger partial charge in [0.25, 0.3) is 0 Å². The molecule has 0 saturated carbocycles. The van der Waals surface area contributed by atoms with Crippen LogP contribution in [0.25, 0.3) is 0 Å². The van der Waals surface area contributed by atoms with E-state index in [9.17, 15) is 22.8 Å². The number of aldehydes is 1. The second-order valence-corrected chi connectivity index (χ2v) is 7.62. The van der Waals surface area contributed by atoms with Crippen LogP contribution in [0, 0.1) is 12.8 Å². The first kappa shape index (κ1) is 23.6. The van der Waals surface area contributed by atoms with Crippen molar-refractivity contribution in [3.8, 4) is 11.5 Å². The molecule has 0 aliphatic heterocycles. The predicted octanol–water partition coefficient (Wildman–Crippen LogP) is 4.85. The number of hydrogen-bond acceptors (Lipinski definition) is 5. The van der Waals surface area contributed by atoms with Gasteiger partial charge < -0.3 is 19.4 Å². The van der Waals surface area contributed by atoms with Gasteiger partial charge in [-0.25, -0.2) is 4.79 Å². The highest BCUT2D eigenvalue weighted by Gasteiger charge is 2.30. The number of carboxylic acids is 1. The molecule has 30 heavy (non-hydrogen) atoms. The first-order valence-corrected chi connectivity index (χ1v) is 9.99. The number of carbonyl (C=O) groups is 2. The van der Waals surface area contributed by atoms with Crippen LogP contribution in [0.5, 0.6) is 11.5 Å². The number of halogens is 3. The van der Waals surface area contributed by atoms with Crippen molar-refractivity contribution in [2.24, 2.45) is 5.92 Å². The molecule has 0 fully saturated rings. The summed E-state index contributed by atoms with van der Waals surface area (Å²) in [6.07, 6.45) is -3.36. The molecule has 0 saturated heterocycles. The Balaban J connectivity index is 1.90. The lowest BCUT2D eigenvalue weighted by Gasteiger charge is -2.16. The van der Waals surface area contributed by atoms with Gasteiger partial charge in [-0.1, -0.05) is 0 Å². The molecule has 5 nitrogen and oxygen atoms in total. The summed E-state index contributed by atoms with van der Waals surface area (Å²) < 4.78 is 48.6. The van der Waals surface area contributed by atoms with E-state index in [2.05, 4.69) is 0 Å². The van der Waals surface area contributed by atoms with Gasteiger partial charge in [0.05, 0.1) is 12.2 Å². The fourth-order valence-corrected chi connectivity index (χ4v) is 3.59. The van der Waals surface area contributed by atoms with Gasteiger partial charge in [-0.15, -0.1) is 11.8 Å². The molecule has 0 aliphatic carbocycles. The number of carboxylic acid groups (broad SMARTS) is 1. The van der Waals surface area contributed by atoms with Crippen LogP contribution < -0.4 is 9.47 Å². The molecular weight excluding hydrogens is 421 g/mol. The number of aryl methyl sites for hydroxylation is 1. The van der Waals surface area contributed by atoms with E-state index in [0.29, 0.717) is 17.3 Å². The van der Waals surface area contributed by atoms with E-state index < -0.39 is 24.3 Å². The molecule has 0 aliphatic rings. The van der Waals surface area contributed by atoms with E-state index >= 15 is 0 Å². The molecule has 1 atom stereocenters. The summed E-state index contributed by atoms with van der Waals surface area (Å²) in [6.45, 7) is 1.57. The molecule has 0 heterocycles.